The van der Waals surface area contributed by atoms with Gasteiger partial charge in [-0.1, -0.05) is 13.8 Å². The predicted molar refractivity (Wildman–Crippen MR) is 63.9 cm³/mol. The number of anilines is 1. The molecule has 0 saturated carbocycles. The van der Waals surface area contributed by atoms with Crippen molar-refractivity contribution in [1.82, 2.24) is 9.78 Å². The predicted octanol–water partition coefficient (Wildman–Crippen LogP) is 1.51. The molecule has 1 heterocycles. The molecule has 0 aromatic carbocycles. The Balaban J connectivity index is 2.40. The number of aromatic nitrogens is 2. The molecule has 0 aliphatic carbocycles. The average Bonchev–Trinajstić information content (AvgIpc) is 2.40. The lowest BCUT2D eigenvalue weighted by Crippen LogP contribution is -2.30. The summed E-state index contributed by atoms with van der Waals surface area (Å²) in [4.78, 5) is 0. The van der Waals surface area contributed by atoms with Crippen LogP contribution < -0.4 is 11.1 Å². The maximum atomic E-state index is 5.99. The third-order valence-electron chi connectivity index (χ3n) is 2.32. The second-order valence-corrected chi connectivity index (χ2v) is 4.57. The Morgan fingerprint density at radius 1 is 1.53 bits per heavy atom. The zero-order valence-corrected chi connectivity index (χ0v) is 10.1. The topological polar surface area (TPSA) is 55.9 Å². The number of nitrogens with zero attached hydrogens (tertiary/aromatic N) is 2. The Hall–Kier alpha value is -1.03. The highest BCUT2D eigenvalue weighted by Gasteiger charge is 2.07. The van der Waals surface area contributed by atoms with Crippen LogP contribution in [0.15, 0.2) is 6.07 Å². The van der Waals surface area contributed by atoms with Crippen molar-refractivity contribution in [1.29, 1.82) is 0 Å². The van der Waals surface area contributed by atoms with Crippen molar-refractivity contribution in [3.8, 4) is 0 Å². The standard InChI is InChI=1S/C11H22N4/c1-8(2)5-10(12)7-13-11-6-9(3)14-15(11)4/h6,8,10,13H,5,7,12H2,1-4H3. The minimum Gasteiger partial charge on any atom is -0.369 e. The second-order valence-electron chi connectivity index (χ2n) is 4.57. The molecule has 3 N–H and O–H groups in total. The SMILES string of the molecule is Cc1cc(NCC(N)CC(C)C)n(C)n1. The number of nitrogens with two attached hydrogens (primary N) is 1. The molecule has 1 unspecified atom stereocenters. The fourth-order valence-electron chi connectivity index (χ4n) is 1.70. The molecule has 0 fully saturated rings. The summed E-state index contributed by atoms with van der Waals surface area (Å²) in [7, 11) is 1.93. The van der Waals surface area contributed by atoms with Gasteiger partial charge in [-0.05, 0) is 19.3 Å². The van der Waals surface area contributed by atoms with Crippen LogP contribution in [0.2, 0.25) is 0 Å². The van der Waals surface area contributed by atoms with Crippen LogP contribution in [-0.4, -0.2) is 22.4 Å². The van der Waals surface area contributed by atoms with Gasteiger partial charge in [0.05, 0.1) is 5.69 Å². The van der Waals surface area contributed by atoms with E-state index in [4.69, 9.17) is 5.73 Å². The lowest BCUT2D eigenvalue weighted by atomic mass is 10.0. The molecular formula is C11H22N4. The molecule has 0 saturated heterocycles. The molecule has 1 rings (SSSR count). The molecule has 1 atom stereocenters. The quantitative estimate of drug-likeness (QED) is 0.774. The summed E-state index contributed by atoms with van der Waals surface area (Å²) in [6.07, 6.45) is 1.05. The van der Waals surface area contributed by atoms with Crippen LogP contribution in [0.3, 0.4) is 0 Å². The van der Waals surface area contributed by atoms with E-state index in [-0.39, 0.29) is 6.04 Å². The molecule has 0 aliphatic rings. The van der Waals surface area contributed by atoms with Crippen molar-refractivity contribution in [2.45, 2.75) is 33.2 Å². The van der Waals surface area contributed by atoms with Gasteiger partial charge in [0.2, 0.25) is 0 Å². The summed E-state index contributed by atoms with van der Waals surface area (Å²) in [5.74, 6) is 1.68. The highest BCUT2D eigenvalue weighted by molar-refractivity contribution is 5.36. The van der Waals surface area contributed by atoms with Crippen LogP contribution >= 0.6 is 0 Å². The summed E-state index contributed by atoms with van der Waals surface area (Å²) >= 11 is 0. The van der Waals surface area contributed by atoms with Gasteiger partial charge in [0.15, 0.2) is 0 Å². The first-order chi connectivity index (χ1) is 6.99. The molecule has 86 valence electrons. The first kappa shape index (κ1) is 12.0. The maximum absolute atomic E-state index is 5.99. The van der Waals surface area contributed by atoms with Crippen LogP contribution in [0.25, 0.3) is 0 Å². The molecule has 0 spiro atoms. The summed E-state index contributed by atoms with van der Waals surface area (Å²) in [6, 6.07) is 2.24. The lowest BCUT2D eigenvalue weighted by Gasteiger charge is -2.15. The minimum absolute atomic E-state index is 0.209. The van der Waals surface area contributed by atoms with Crippen molar-refractivity contribution in [3.63, 3.8) is 0 Å². The summed E-state index contributed by atoms with van der Waals surface area (Å²) in [6.45, 7) is 7.17. The summed E-state index contributed by atoms with van der Waals surface area (Å²) < 4.78 is 1.84. The van der Waals surface area contributed by atoms with E-state index in [0.29, 0.717) is 5.92 Å². The van der Waals surface area contributed by atoms with Gasteiger partial charge in [0.1, 0.15) is 5.82 Å². The molecule has 0 amide bonds. The van der Waals surface area contributed by atoms with Crippen molar-refractivity contribution >= 4 is 5.82 Å². The largest absolute Gasteiger partial charge is 0.369 e. The fraction of sp³-hybridized carbons (Fsp3) is 0.727. The molecule has 0 bridgehead atoms. The number of nitrogens with one attached hydrogen (secondary N) is 1. The molecule has 1 aromatic rings. The van der Waals surface area contributed by atoms with Crippen molar-refractivity contribution in [2.75, 3.05) is 11.9 Å². The fourth-order valence-corrected chi connectivity index (χ4v) is 1.70. The molecule has 15 heavy (non-hydrogen) atoms. The van der Waals surface area contributed by atoms with Crippen LogP contribution in [-0.2, 0) is 7.05 Å². The van der Waals surface area contributed by atoms with Crippen LogP contribution in [0.4, 0.5) is 5.82 Å². The van der Waals surface area contributed by atoms with Gasteiger partial charge in [-0.15, -0.1) is 0 Å². The van der Waals surface area contributed by atoms with E-state index >= 15 is 0 Å². The molecule has 0 radical (unpaired) electrons. The van der Waals surface area contributed by atoms with Crippen molar-refractivity contribution in [2.24, 2.45) is 18.7 Å². The molecule has 4 nitrogen and oxygen atoms in total. The van der Waals surface area contributed by atoms with Gasteiger partial charge in [-0.2, -0.15) is 5.10 Å². The van der Waals surface area contributed by atoms with Crippen LogP contribution in [0.1, 0.15) is 26.0 Å². The number of rotatable bonds is 5. The number of hydrogen-bond acceptors (Lipinski definition) is 3. The zero-order valence-electron chi connectivity index (χ0n) is 10.1. The Kier molecular flexibility index (Phi) is 4.15. The average molecular weight is 210 g/mol. The van der Waals surface area contributed by atoms with E-state index < -0.39 is 0 Å². The summed E-state index contributed by atoms with van der Waals surface area (Å²) in [5.41, 5.74) is 7.01. The van der Waals surface area contributed by atoms with Gasteiger partial charge >= 0.3 is 0 Å². The zero-order chi connectivity index (χ0) is 11.4. The van der Waals surface area contributed by atoms with E-state index in [9.17, 15) is 0 Å². The van der Waals surface area contributed by atoms with Crippen molar-refractivity contribution in [3.05, 3.63) is 11.8 Å². The Morgan fingerprint density at radius 2 is 2.20 bits per heavy atom. The number of hydrogen-bond donors (Lipinski definition) is 2. The van der Waals surface area contributed by atoms with E-state index in [1.165, 1.54) is 0 Å². The Bertz CT molecular complexity index is 304. The molecule has 1 aromatic heterocycles. The molecule has 4 heteroatoms. The lowest BCUT2D eigenvalue weighted by molar-refractivity contribution is 0.507. The third-order valence-corrected chi connectivity index (χ3v) is 2.32. The maximum Gasteiger partial charge on any atom is 0.124 e. The van der Waals surface area contributed by atoms with Crippen LogP contribution in [0, 0.1) is 12.8 Å². The Labute approximate surface area is 91.8 Å². The van der Waals surface area contributed by atoms with Gasteiger partial charge < -0.3 is 11.1 Å². The second kappa shape index (κ2) is 5.16. The van der Waals surface area contributed by atoms with E-state index in [1.54, 1.807) is 0 Å². The van der Waals surface area contributed by atoms with Gasteiger partial charge in [0.25, 0.3) is 0 Å². The van der Waals surface area contributed by atoms with Crippen LogP contribution in [0.5, 0.6) is 0 Å². The first-order valence-corrected chi connectivity index (χ1v) is 5.49. The minimum atomic E-state index is 0.209. The molecular weight excluding hydrogens is 188 g/mol. The van der Waals surface area contributed by atoms with E-state index in [0.717, 1.165) is 24.5 Å². The van der Waals surface area contributed by atoms with Gasteiger partial charge in [-0.3, -0.25) is 4.68 Å². The summed E-state index contributed by atoms with van der Waals surface area (Å²) in [5, 5.41) is 7.58. The van der Waals surface area contributed by atoms with Crippen molar-refractivity contribution < 1.29 is 0 Å². The monoisotopic (exact) mass is 210 g/mol. The molecule has 0 aliphatic heterocycles. The number of aryl methyl sites for hydroxylation is 2. The van der Waals surface area contributed by atoms with E-state index in [1.807, 2.05) is 24.7 Å². The Morgan fingerprint density at radius 3 is 2.67 bits per heavy atom. The highest BCUT2D eigenvalue weighted by Crippen LogP contribution is 2.09. The first-order valence-electron chi connectivity index (χ1n) is 5.49. The normalized spacial score (nSPS) is 13.2. The van der Waals surface area contributed by atoms with Gasteiger partial charge in [-0.25, -0.2) is 0 Å². The smallest absolute Gasteiger partial charge is 0.124 e. The van der Waals surface area contributed by atoms with E-state index in [2.05, 4.69) is 24.3 Å². The third kappa shape index (κ3) is 3.91. The van der Waals surface area contributed by atoms with Gasteiger partial charge in [0, 0.05) is 25.7 Å². The highest BCUT2D eigenvalue weighted by atomic mass is 15.3.